The lowest BCUT2D eigenvalue weighted by Crippen LogP contribution is -2.41. The van der Waals surface area contributed by atoms with E-state index in [1.165, 1.54) is 16.9 Å². The Labute approximate surface area is 150 Å². The third kappa shape index (κ3) is 3.21. The number of aromatic nitrogens is 3. The molecular weight excluding hydrogens is 332 g/mol. The molecule has 1 aliphatic carbocycles. The first-order valence-corrected chi connectivity index (χ1v) is 9.21. The Hall–Kier alpha value is -2.70. The highest BCUT2D eigenvalue weighted by molar-refractivity contribution is 5.94. The van der Waals surface area contributed by atoms with Gasteiger partial charge >= 0.3 is 0 Å². The van der Waals surface area contributed by atoms with Crippen LogP contribution < -0.4 is 11.1 Å². The molecule has 2 aromatic rings. The molecule has 4 rings (SSSR count). The largest absolute Gasteiger partial charge is 0.334 e. The molecule has 7 nitrogen and oxygen atoms in total. The molecule has 0 radical (unpaired) electrons. The van der Waals surface area contributed by atoms with Crippen molar-refractivity contribution in [3.8, 4) is 0 Å². The first-order valence-electron chi connectivity index (χ1n) is 9.21. The van der Waals surface area contributed by atoms with Crippen LogP contribution in [0.1, 0.15) is 47.3 Å². The second kappa shape index (κ2) is 6.90. The van der Waals surface area contributed by atoms with E-state index in [-0.39, 0.29) is 23.1 Å². The van der Waals surface area contributed by atoms with Gasteiger partial charge in [0.1, 0.15) is 0 Å². The number of pyridine rings is 1. The van der Waals surface area contributed by atoms with Crippen molar-refractivity contribution < 1.29 is 4.79 Å². The number of rotatable bonds is 3. The number of amides is 1. The second-order valence-electron chi connectivity index (χ2n) is 7.08. The first-order chi connectivity index (χ1) is 12.6. The number of aryl methyl sites for hydroxylation is 2. The number of carbonyl (C=O) groups is 1. The second-order valence-corrected chi connectivity index (χ2v) is 7.08. The average Bonchev–Trinajstić information content (AvgIpc) is 3.10. The van der Waals surface area contributed by atoms with E-state index in [4.69, 9.17) is 0 Å². The fraction of sp³-hybridized carbons (Fsp3) is 0.474. The van der Waals surface area contributed by atoms with Crippen molar-refractivity contribution in [2.45, 2.75) is 51.1 Å². The molecule has 3 heterocycles. The van der Waals surface area contributed by atoms with E-state index in [0.29, 0.717) is 18.7 Å². The van der Waals surface area contributed by atoms with Crippen LogP contribution in [0.4, 0.5) is 0 Å². The summed E-state index contributed by atoms with van der Waals surface area (Å²) in [6.07, 6.45) is 7.27. The van der Waals surface area contributed by atoms with Gasteiger partial charge < -0.3 is 9.88 Å². The van der Waals surface area contributed by atoms with Gasteiger partial charge in [-0.3, -0.25) is 14.4 Å². The maximum atomic E-state index is 12.8. The fourth-order valence-corrected chi connectivity index (χ4v) is 3.93. The van der Waals surface area contributed by atoms with Gasteiger partial charge in [0.2, 0.25) is 5.56 Å². The number of nitrogens with one attached hydrogen (secondary N) is 1. The van der Waals surface area contributed by atoms with Gasteiger partial charge in [0, 0.05) is 24.9 Å². The number of fused-ring (bicyclic) bond motifs is 1. The Morgan fingerprint density at radius 3 is 2.85 bits per heavy atom. The van der Waals surface area contributed by atoms with Crippen molar-refractivity contribution in [1.82, 2.24) is 19.7 Å². The van der Waals surface area contributed by atoms with E-state index in [1.807, 2.05) is 0 Å². The molecule has 0 bridgehead atoms. The van der Waals surface area contributed by atoms with Crippen molar-refractivity contribution in [2.24, 2.45) is 0 Å². The van der Waals surface area contributed by atoms with Crippen LogP contribution in [0.2, 0.25) is 0 Å². The number of carbonyl (C=O) groups excluding carboxylic acids is 1. The third-order valence-electron chi connectivity index (χ3n) is 5.33. The summed E-state index contributed by atoms with van der Waals surface area (Å²) in [5, 5.41) is 4.57. The van der Waals surface area contributed by atoms with E-state index in [1.54, 1.807) is 17.0 Å². The fourth-order valence-electron chi connectivity index (χ4n) is 3.93. The Kier molecular flexibility index (Phi) is 4.44. The zero-order chi connectivity index (χ0) is 18.1. The molecule has 26 heavy (non-hydrogen) atoms. The molecular formula is C19H22N4O3. The monoisotopic (exact) mass is 354 g/mol. The van der Waals surface area contributed by atoms with Crippen molar-refractivity contribution in [3.05, 3.63) is 61.9 Å². The summed E-state index contributed by atoms with van der Waals surface area (Å²) in [7, 11) is 0. The Morgan fingerprint density at radius 1 is 1.19 bits per heavy atom. The predicted octanol–water partition coefficient (Wildman–Crippen LogP) is 1.12. The van der Waals surface area contributed by atoms with Gasteiger partial charge in [-0.15, -0.1) is 0 Å². The summed E-state index contributed by atoms with van der Waals surface area (Å²) in [5.74, 6) is -0.116. The number of H-pyrrole nitrogens is 1. The maximum Gasteiger partial charge on any atom is 0.267 e. The molecule has 1 saturated heterocycles. The van der Waals surface area contributed by atoms with Gasteiger partial charge in [-0.1, -0.05) is 0 Å². The number of aromatic amines is 1. The minimum atomic E-state index is -0.232. The molecule has 0 aromatic carbocycles. The lowest BCUT2D eigenvalue weighted by molar-refractivity contribution is 0.0719. The summed E-state index contributed by atoms with van der Waals surface area (Å²) in [6, 6.07) is 4.55. The predicted molar refractivity (Wildman–Crippen MR) is 96.3 cm³/mol. The number of hydrogen-bond acceptors (Lipinski definition) is 4. The molecule has 1 amide bonds. The quantitative estimate of drug-likeness (QED) is 0.894. The zero-order valence-corrected chi connectivity index (χ0v) is 14.6. The maximum absolute atomic E-state index is 12.8. The van der Waals surface area contributed by atoms with E-state index in [0.717, 1.165) is 49.8 Å². The van der Waals surface area contributed by atoms with Gasteiger partial charge in [-0.05, 0) is 50.2 Å². The van der Waals surface area contributed by atoms with E-state index in [2.05, 4.69) is 10.1 Å². The van der Waals surface area contributed by atoms with E-state index < -0.39 is 0 Å². The van der Waals surface area contributed by atoms with Crippen molar-refractivity contribution in [2.75, 3.05) is 6.54 Å². The molecule has 1 unspecified atom stereocenters. The molecule has 0 saturated carbocycles. The Morgan fingerprint density at radius 2 is 2.04 bits per heavy atom. The Bertz CT molecular complexity index is 926. The first kappa shape index (κ1) is 16.8. The van der Waals surface area contributed by atoms with Gasteiger partial charge in [0.05, 0.1) is 23.8 Å². The van der Waals surface area contributed by atoms with Crippen LogP contribution in [0.3, 0.4) is 0 Å². The number of likely N-dealkylation sites (tertiary alicyclic amines) is 1. The molecule has 0 spiro atoms. The highest BCUT2D eigenvalue weighted by Gasteiger charge is 2.30. The standard InChI is InChI=1S/C19H22N4O3/c24-17-8-7-14(11-20-17)19(26)22-9-3-5-15(22)12-23-18(25)10-13-4-1-2-6-16(13)21-23/h7-8,10-11,15H,1-6,9,12H2,(H,20,24). The lowest BCUT2D eigenvalue weighted by Gasteiger charge is -2.25. The van der Waals surface area contributed by atoms with Crippen LogP contribution in [0, 0.1) is 0 Å². The molecule has 2 aromatic heterocycles. The zero-order valence-electron chi connectivity index (χ0n) is 14.6. The van der Waals surface area contributed by atoms with Crippen LogP contribution in [0.15, 0.2) is 34.0 Å². The van der Waals surface area contributed by atoms with Crippen LogP contribution in [-0.4, -0.2) is 38.2 Å². The van der Waals surface area contributed by atoms with Crippen molar-refractivity contribution >= 4 is 5.91 Å². The molecule has 1 N–H and O–H groups in total. The summed E-state index contributed by atoms with van der Waals surface area (Å²) >= 11 is 0. The third-order valence-corrected chi connectivity index (χ3v) is 5.33. The molecule has 136 valence electrons. The van der Waals surface area contributed by atoms with Gasteiger partial charge in [0.15, 0.2) is 0 Å². The van der Waals surface area contributed by atoms with Gasteiger partial charge in [0.25, 0.3) is 11.5 Å². The molecule has 2 aliphatic rings. The number of nitrogens with zero attached hydrogens (tertiary/aromatic N) is 3. The van der Waals surface area contributed by atoms with E-state index in [9.17, 15) is 14.4 Å². The van der Waals surface area contributed by atoms with Crippen molar-refractivity contribution in [3.63, 3.8) is 0 Å². The molecule has 1 aliphatic heterocycles. The highest BCUT2D eigenvalue weighted by atomic mass is 16.2. The van der Waals surface area contributed by atoms with Gasteiger partial charge in [-0.2, -0.15) is 5.10 Å². The Balaban J connectivity index is 1.56. The van der Waals surface area contributed by atoms with Gasteiger partial charge in [-0.25, -0.2) is 4.68 Å². The molecule has 1 atom stereocenters. The van der Waals surface area contributed by atoms with Crippen LogP contribution in [0.5, 0.6) is 0 Å². The van der Waals surface area contributed by atoms with Crippen LogP contribution >= 0.6 is 0 Å². The summed E-state index contributed by atoms with van der Waals surface area (Å²) < 4.78 is 1.52. The number of hydrogen-bond donors (Lipinski definition) is 1. The minimum Gasteiger partial charge on any atom is -0.334 e. The van der Waals surface area contributed by atoms with Crippen molar-refractivity contribution in [1.29, 1.82) is 0 Å². The summed E-state index contributed by atoms with van der Waals surface area (Å²) in [5.41, 5.74) is 2.23. The molecule has 7 heteroatoms. The van der Waals surface area contributed by atoms with E-state index >= 15 is 0 Å². The average molecular weight is 354 g/mol. The SMILES string of the molecule is O=C(c1ccc(=O)[nH]c1)N1CCCC1Cn1nc2c(cc1=O)CCCC2. The topological polar surface area (TPSA) is 88.1 Å². The minimum absolute atomic E-state index is 0.0544. The highest BCUT2D eigenvalue weighted by Crippen LogP contribution is 2.22. The summed E-state index contributed by atoms with van der Waals surface area (Å²) in [6.45, 7) is 1.07. The summed E-state index contributed by atoms with van der Waals surface area (Å²) in [4.78, 5) is 40.7. The molecule has 1 fully saturated rings. The smallest absolute Gasteiger partial charge is 0.267 e. The normalized spacial score (nSPS) is 19.4. The van der Waals surface area contributed by atoms with Crippen LogP contribution in [-0.2, 0) is 19.4 Å². The lowest BCUT2D eigenvalue weighted by atomic mass is 9.97. The van der Waals surface area contributed by atoms with Crippen LogP contribution in [0.25, 0.3) is 0 Å².